The number of hydrogen-bond donors (Lipinski definition) is 0. The third kappa shape index (κ3) is 6.61. The first-order valence-electron chi connectivity index (χ1n) is 10.9. The molecule has 2 heterocycles. The molecule has 0 radical (unpaired) electrons. The Balaban J connectivity index is 1.48. The molecule has 1 unspecified atom stereocenters. The maximum atomic E-state index is 12.2. The van der Waals surface area contributed by atoms with Crippen LogP contribution in [0, 0.1) is 0 Å². The minimum Gasteiger partial charge on any atom is -0.425 e. The zero-order chi connectivity index (χ0) is 21.4. The fourth-order valence-corrected chi connectivity index (χ4v) is 3.40. The van der Waals surface area contributed by atoms with E-state index in [0.717, 1.165) is 12.0 Å². The number of esters is 1. The predicted octanol–water partition coefficient (Wildman–Crippen LogP) is 5.10. The molecule has 0 aliphatic carbocycles. The van der Waals surface area contributed by atoms with Crippen molar-refractivity contribution in [1.29, 1.82) is 0 Å². The molecular formula is C24H32N2O4. The SMILES string of the molecule is CCCCCCCCc1cnc(-c2ccc(OC(=O)C3COC(C)(C)O3)cc2)nc1. The lowest BCUT2D eigenvalue weighted by atomic mass is 10.1. The molecule has 2 aromatic rings. The molecule has 1 aromatic heterocycles. The minimum atomic E-state index is -0.758. The average molecular weight is 413 g/mol. The highest BCUT2D eigenvalue weighted by Crippen LogP contribution is 2.25. The Bertz CT molecular complexity index is 803. The number of aryl methyl sites for hydroxylation is 1. The van der Waals surface area contributed by atoms with Gasteiger partial charge >= 0.3 is 5.97 Å². The third-order valence-electron chi connectivity index (χ3n) is 5.13. The Kier molecular flexibility index (Phi) is 7.94. The van der Waals surface area contributed by atoms with Crippen LogP contribution >= 0.6 is 0 Å². The van der Waals surface area contributed by atoms with Crippen LogP contribution in [0.4, 0.5) is 0 Å². The lowest BCUT2D eigenvalue weighted by molar-refractivity contribution is -0.162. The molecule has 1 atom stereocenters. The van der Waals surface area contributed by atoms with E-state index in [2.05, 4.69) is 16.9 Å². The summed E-state index contributed by atoms with van der Waals surface area (Å²) in [6.07, 6.45) is 11.8. The second-order valence-corrected chi connectivity index (χ2v) is 8.20. The topological polar surface area (TPSA) is 70.5 Å². The van der Waals surface area contributed by atoms with Crippen molar-refractivity contribution in [3.05, 3.63) is 42.2 Å². The summed E-state index contributed by atoms with van der Waals surface area (Å²) in [7, 11) is 0. The van der Waals surface area contributed by atoms with Crippen molar-refractivity contribution in [3.63, 3.8) is 0 Å². The first-order chi connectivity index (χ1) is 14.5. The number of benzene rings is 1. The summed E-state index contributed by atoms with van der Waals surface area (Å²) in [4.78, 5) is 21.2. The molecule has 1 saturated heterocycles. The van der Waals surface area contributed by atoms with E-state index in [1.165, 1.54) is 44.1 Å². The Hall–Kier alpha value is -2.31. The summed E-state index contributed by atoms with van der Waals surface area (Å²) in [5.74, 6) is -0.0965. The van der Waals surface area contributed by atoms with E-state index in [9.17, 15) is 4.79 Å². The lowest BCUT2D eigenvalue weighted by Gasteiger charge is -2.16. The minimum absolute atomic E-state index is 0.197. The number of ether oxygens (including phenoxy) is 3. The second kappa shape index (κ2) is 10.6. The van der Waals surface area contributed by atoms with E-state index in [0.29, 0.717) is 11.6 Å². The zero-order valence-electron chi connectivity index (χ0n) is 18.2. The van der Waals surface area contributed by atoms with Crippen LogP contribution in [-0.2, 0) is 20.7 Å². The van der Waals surface area contributed by atoms with E-state index in [1.54, 1.807) is 26.0 Å². The van der Waals surface area contributed by atoms with Crippen molar-refractivity contribution >= 4 is 5.97 Å². The van der Waals surface area contributed by atoms with Crippen molar-refractivity contribution < 1.29 is 19.0 Å². The Labute approximate surface area is 179 Å². The normalized spacial score (nSPS) is 17.8. The van der Waals surface area contributed by atoms with E-state index >= 15 is 0 Å². The fourth-order valence-electron chi connectivity index (χ4n) is 3.40. The molecule has 6 heteroatoms. The highest BCUT2D eigenvalue weighted by molar-refractivity contribution is 5.77. The Morgan fingerprint density at radius 2 is 1.73 bits per heavy atom. The van der Waals surface area contributed by atoms with Gasteiger partial charge in [0.15, 0.2) is 17.7 Å². The van der Waals surface area contributed by atoms with Crippen LogP contribution in [0.15, 0.2) is 36.7 Å². The summed E-state index contributed by atoms with van der Waals surface area (Å²) >= 11 is 0. The summed E-state index contributed by atoms with van der Waals surface area (Å²) < 4.78 is 16.3. The maximum absolute atomic E-state index is 12.2. The number of unbranched alkanes of at least 4 members (excludes halogenated alkanes) is 5. The number of rotatable bonds is 10. The molecule has 162 valence electrons. The second-order valence-electron chi connectivity index (χ2n) is 8.20. The quantitative estimate of drug-likeness (QED) is 0.307. The largest absolute Gasteiger partial charge is 0.425 e. The molecule has 0 saturated carbocycles. The van der Waals surface area contributed by atoms with E-state index in [4.69, 9.17) is 14.2 Å². The first-order valence-corrected chi connectivity index (χ1v) is 10.9. The molecule has 1 aliphatic rings. The van der Waals surface area contributed by atoms with Crippen molar-refractivity contribution in [1.82, 2.24) is 9.97 Å². The average Bonchev–Trinajstić information content (AvgIpc) is 3.11. The van der Waals surface area contributed by atoms with Gasteiger partial charge in [-0.1, -0.05) is 39.0 Å². The molecule has 30 heavy (non-hydrogen) atoms. The molecular weight excluding hydrogens is 380 g/mol. The molecule has 1 aliphatic heterocycles. The van der Waals surface area contributed by atoms with Gasteiger partial charge in [-0.15, -0.1) is 0 Å². The van der Waals surface area contributed by atoms with Gasteiger partial charge in [0.05, 0.1) is 6.61 Å². The third-order valence-corrected chi connectivity index (χ3v) is 5.13. The number of carbonyl (C=O) groups is 1. The zero-order valence-corrected chi connectivity index (χ0v) is 18.2. The van der Waals surface area contributed by atoms with E-state index in [-0.39, 0.29) is 6.61 Å². The summed E-state index contributed by atoms with van der Waals surface area (Å²) in [6.45, 7) is 5.98. The van der Waals surface area contributed by atoms with Gasteiger partial charge < -0.3 is 14.2 Å². The van der Waals surface area contributed by atoms with Gasteiger partial charge in [0, 0.05) is 18.0 Å². The number of hydrogen-bond acceptors (Lipinski definition) is 6. The predicted molar refractivity (Wildman–Crippen MR) is 115 cm³/mol. The van der Waals surface area contributed by atoms with Crippen LogP contribution < -0.4 is 4.74 Å². The van der Waals surface area contributed by atoms with Crippen LogP contribution in [0.2, 0.25) is 0 Å². The molecule has 6 nitrogen and oxygen atoms in total. The lowest BCUT2D eigenvalue weighted by Crippen LogP contribution is -2.30. The van der Waals surface area contributed by atoms with Gasteiger partial charge in [-0.2, -0.15) is 0 Å². The molecule has 1 fully saturated rings. The fraction of sp³-hybridized carbons (Fsp3) is 0.542. The molecule has 0 spiro atoms. The van der Waals surface area contributed by atoms with Crippen molar-refractivity contribution in [2.45, 2.75) is 77.6 Å². The Morgan fingerprint density at radius 3 is 2.37 bits per heavy atom. The number of aromatic nitrogens is 2. The van der Waals surface area contributed by atoms with Crippen LogP contribution in [0.3, 0.4) is 0 Å². The molecule has 0 N–H and O–H groups in total. The van der Waals surface area contributed by atoms with E-state index < -0.39 is 17.9 Å². The van der Waals surface area contributed by atoms with Crippen LogP contribution in [0.1, 0.15) is 64.9 Å². The van der Waals surface area contributed by atoms with Crippen molar-refractivity contribution in [3.8, 4) is 17.1 Å². The summed E-state index contributed by atoms with van der Waals surface area (Å²) in [5.41, 5.74) is 2.05. The molecule has 3 rings (SSSR count). The highest BCUT2D eigenvalue weighted by atomic mass is 16.8. The van der Waals surface area contributed by atoms with Gasteiger partial charge in [-0.05, 0) is 56.5 Å². The highest BCUT2D eigenvalue weighted by Gasteiger charge is 2.38. The van der Waals surface area contributed by atoms with Gasteiger partial charge in [-0.25, -0.2) is 14.8 Å². The monoisotopic (exact) mass is 412 g/mol. The molecule has 0 bridgehead atoms. The smallest absolute Gasteiger partial charge is 0.343 e. The summed E-state index contributed by atoms with van der Waals surface area (Å²) in [6, 6.07) is 7.17. The van der Waals surface area contributed by atoms with Crippen LogP contribution in [0.5, 0.6) is 5.75 Å². The van der Waals surface area contributed by atoms with Gasteiger partial charge in [0.25, 0.3) is 0 Å². The van der Waals surface area contributed by atoms with Crippen LogP contribution in [-0.4, -0.2) is 34.4 Å². The first kappa shape index (κ1) is 22.4. The number of nitrogens with zero attached hydrogens (tertiary/aromatic N) is 2. The van der Waals surface area contributed by atoms with Gasteiger partial charge in [-0.3, -0.25) is 0 Å². The Morgan fingerprint density at radius 1 is 1.07 bits per heavy atom. The van der Waals surface area contributed by atoms with Gasteiger partial charge in [0.1, 0.15) is 5.75 Å². The molecule has 1 aromatic carbocycles. The molecule has 0 amide bonds. The van der Waals surface area contributed by atoms with Crippen molar-refractivity contribution in [2.24, 2.45) is 0 Å². The van der Waals surface area contributed by atoms with Crippen molar-refractivity contribution in [2.75, 3.05) is 6.61 Å². The summed E-state index contributed by atoms with van der Waals surface area (Å²) in [5, 5.41) is 0. The van der Waals surface area contributed by atoms with Gasteiger partial charge in [0.2, 0.25) is 0 Å². The maximum Gasteiger partial charge on any atom is 0.343 e. The number of carbonyl (C=O) groups excluding carboxylic acids is 1. The van der Waals surface area contributed by atoms with Crippen LogP contribution in [0.25, 0.3) is 11.4 Å². The standard InChI is InChI=1S/C24H32N2O4/c1-4-5-6-7-8-9-10-18-15-25-22(26-16-18)19-11-13-20(14-12-19)29-23(27)21-17-28-24(2,3)30-21/h11-16,21H,4-10,17H2,1-3H3. The van der Waals surface area contributed by atoms with E-state index in [1.807, 2.05) is 24.5 Å².